The molecule has 0 aromatic carbocycles. The van der Waals surface area contributed by atoms with Crippen molar-refractivity contribution < 1.29 is 22.7 Å². The van der Waals surface area contributed by atoms with Crippen molar-refractivity contribution in [2.24, 2.45) is 0 Å². The third-order valence-corrected chi connectivity index (χ3v) is 4.34. The van der Waals surface area contributed by atoms with Crippen LogP contribution < -0.4 is 4.74 Å². The number of pyridine rings is 2. The average molecular weight is 386 g/mol. The van der Waals surface area contributed by atoms with Gasteiger partial charge in [-0.15, -0.1) is 0 Å². The molecule has 138 valence electrons. The number of halogens is 4. The zero-order valence-corrected chi connectivity index (χ0v) is 14.3. The van der Waals surface area contributed by atoms with E-state index in [0.717, 1.165) is 18.3 Å². The zero-order valence-electron chi connectivity index (χ0n) is 13.5. The molecule has 0 aliphatic carbocycles. The van der Waals surface area contributed by atoms with Crippen LogP contribution in [0, 0.1) is 0 Å². The van der Waals surface area contributed by atoms with Crippen LogP contribution >= 0.6 is 11.6 Å². The normalized spacial score (nSPS) is 15.8. The maximum atomic E-state index is 12.5. The molecule has 3 heterocycles. The first-order valence-electron chi connectivity index (χ1n) is 7.93. The Labute approximate surface area is 152 Å². The van der Waals surface area contributed by atoms with Gasteiger partial charge in [0.25, 0.3) is 5.91 Å². The molecule has 2 aromatic rings. The molecule has 0 radical (unpaired) electrons. The molecule has 0 unspecified atom stereocenters. The van der Waals surface area contributed by atoms with E-state index >= 15 is 0 Å². The molecule has 1 aliphatic heterocycles. The number of carbonyl (C=O) groups excluding carboxylic acids is 1. The predicted molar refractivity (Wildman–Crippen MR) is 88.0 cm³/mol. The number of ether oxygens (including phenoxy) is 1. The highest BCUT2D eigenvalue weighted by Crippen LogP contribution is 2.28. The van der Waals surface area contributed by atoms with Gasteiger partial charge in [-0.25, -0.2) is 0 Å². The Bertz CT molecular complexity index is 776. The van der Waals surface area contributed by atoms with E-state index in [1.807, 2.05) is 0 Å². The number of piperidine rings is 1. The monoisotopic (exact) mass is 385 g/mol. The van der Waals surface area contributed by atoms with E-state index in [4.69, 9.17) is 16.3 Å². The Balaban J connectivity index is 1.57. The third kappa shape index (κ3) is 4.24. The third-order valence-electron chi connectivity index (χ3n) is 4.06. The van der Waals surface area contributed by atoms with E-state index in [-0.39, 0.29) is 17.6 Å². The summed E-state index contributed by atoms with van der Waals surface area (Å²) in [4.78, 5) is 21.2. The van der Waals surface area contributed by atoms with E-state index in [1.165, 1.54) is 6.20 Å². The summed E-state index contributed by atoms with van der Waals surface area (Å²) in [5.41, 5.74) is -0.884. The van der Waals surface area contributed by atoms with Gasteiger partial charge in [-0.3, -0.25) is 14.8 Å². The fourth-order valence-corrected chi connectivity index (χ4v) is 2.85. The van der Waals surface area contributed by atoms with Crippen molar-refractivity contribution in [3.63, 3.8) is 0 Å². The fourth-order valence-electron chi connectivity index (χ4n) is 2.68. The number of carbonyl (C=O) groups is 1. The number of aromatic nitrogens is 2. The lowest BCUT2D eigenvalue weighted by atomic mass is 10.1. The van der Waals surface area contributed by atoms with E-state index in [0.29, 0.717) is 36.7 Å². The summed E-state index contributed by atoms with van der Waals surface area (Å²) in [5.74, 6) is 0.199. The fraction of sp³-hybridized carbons (Fsp3) is 0.353. The summed E-state index contributed by atoms with van der Waals surface area (Å²) in [6.07, 6.45) is 0.613. The summed E-state index contributed by atoms with van der Waals surface area (Å²) >= 11 is 6.01. The molecule has 3 rings (SSSR count). The number of likely N-dealkylation sites (tertiary alicyclic amines) is 1. The lowest BCUT2D eigenvalue weighted by molar-refractivity contribution is -0.141. The highest BCUT2D eigenvalue weighted by molar-refractivity contribution is 6.31. The van der Waals surface area contributed by atoms with Crippen LogP contribution in [-0.2, 0) is 6.18 Å². The summed E-state index contributed by atoms with van der Waals surface area (Å²) < 4.78 is 43.4. The van der Waals surface area contributed by atoms with Gasteiger partial charge in [-0.1, -0.05) is 11.6 Å². The molecule has 2 aromatic heterocycles. The quantitative estimate of drug-likeness (QED) is 0.805. The summed E-state index contributed by atoms with van der Waals surface area (Å²) in [5, 5.41) is 0.418. The predicted octanol–water partition coefficient (Wildman–Crippen LogP) is 3.83. The van der Waals surface area contributed by atoms with Gasteiger partial charge in [0, 0.05) is 50.6 Å². The first-order valence-corrected chi connectivity index (χ1v) is 8.31. The maximum Gasteiger partial charge on any atom is 0.433 e. The largest absolute Gasteiger partial charge is 0.489 e. The van der Waals surface area contributed by atoms with Crippen molar-refractivity contribution in [3.05, 3.63) is 53.1 Å². The minimum absolute atomic E-state index is 0.0929. The molecular formula is C17H15ClF3N3O2. The topological polar surface area (TPSA) is 55.3 Å². The minimum Gasteiger partial charge on any atom is -0.489 e. The molecule has 0 atom stereocenters. The molecule has 1 amide bonds. The molecular weight excluding hydrogens is 371 g/mol. The highest BCUT2D eigenvalue weighted by atomic mass is 35.5. The molecule has 26 heavy (non-hydrogen) atoms. The summed E-state index contributed by atoms with van der Waals surface area (Å²) in [6.45, 7) is 0.875. The molecule has 5 nitrogen and oxygen atoms in total. The van der Waals surface area contributed by atoms with Gasteiger partial charge in [0.15, 0.2) is 0 Å². The van der Waals surface area contributed by atoms with E-state index in [2.05, 4.69) is 9.97 Å². The Kier molecular flexibility index (Phi) is 5.31. The van der Waals surface area contributed by atoms with E-state index < -0.39 is 11.9 Å². The maximum absolute atomic E-state index is 12.5. The SMILES string of the molecule is O=C(c1ccc(C(F)(F)F)nc1)N1CCC(Oc2ccncc2Cl)CC1. The second-order valence-electron chi connectivity index (χ2n) is 5.85. The van der Waals surface area contributed by atoms with Gasteiger partial charge in [-0.05, 0) is 12.1 Å². The lowest BCUT2D eigenvalue weighted by Crippen LogP contribution is -2.41. The van der Waals surface area contributed by atoms with Crippen molar-refractivity contribution in [2.75, 3.05) is 13.1 Å². The van der Waals surface area contributed by atoms with Gasteiger partial charge < -0.3 is 9.64 Å². The number of rotatable bonds is 3. The Hall–Kier alpha value is -2.35. The standard InChI is InChI=1S/C17H15ClF3N3O2/c18-13-10-22-6-3-14(13)26-12-4-7-24(8-5-12)16(25)11-1-2-15(23-9-11)17(19,20)21/h1-3,6,9-10,12H,4-5,7-8H2. The van der Waals surface area contributed by atoms with Gasteiger partial charge in [0.1, 0.15) is 22.6 Å². The van der Waals surface area contributed by atoms with Crippen LogP contribution in [0.25, 0.3) is 0 Å². The summed E-state index contributed by atoms with van der Waals surface area (Å²) in [7, 11) is 0. The van der Waals surface area contributed by atoms with Gasteiger partial charge in [0.05, 0.1) is 5.56 Å². The van der Waals surface area contributed by atoms with Gasteiger partial charge >= 0.3 is 6.18 Å². The van der Waals surface area contributed by atoms with Crippen LogP contribution in [0.3, 0.4) is 0 Å². The summed E-state index contributed by atoms with van der Waals surface area (Å²) in [6, 6.07) is 3.64. The Morgan fingerprint density at radius 2 is 1.92 bits per heavy atom. The van der Waals surface area contributed by atoms with Crippen LogP contribution in [0.1, 0.15) is 28.9 Å². The Morgan fingerprint density at radius 3 is 2.50 bits per heavy atom. The average Bonchev–Trinajstić information content (AvgIpc) is 2.63. The molecule has 0 spiro atoms. The molecule has 9 heteroatoms. The van der Waals surface area contributed by atoms with Crippen LogP contribution in [0.2, 0.25) is 5.02 Å². The van der Waals surface area contributed by atoms with Crippen LogP contribution in [0.5, 0.6) is 5.75 Å². The number of amides is 1. The van der Waals surface area contributed by atoms with Gasteiger partial charge in [0.2, 0.25) is 0 Å². The van der Waals surface area contributed by atoms with Crippen LogP contribution in [0.4, 0.5) is 13.2 Å². The second-order valence-corrected chi connectivity index (χ2v) is 6.25. The molecule has 0 bridgehead atoms. The van der Waals surface area contributed by atoms with Crippen LogP contribution in [-0.4, -0.2) is 40.0 Å². The second kappa shape index (κ2) is 7.49. The van der Waals surface area contributed by atoms with Crippen molar-refractivity contribution in [1.29, 1.82) is 0 Å². The van der Waals surface area contributed by atoms with Gasteiger partial charge in [-0.2, -0.15) is 13.2 Å². The van der Waals surface area contributed by atoms with Crippen molar-refractivity contribution in [1.82, 2.24) is 14.9 Å². The first kappa shape index (κ1) is 18.4. The first-order chi connectivity index (χ1) is 12.3. The lowest BCUT2D eigenvalue weighted by Gasteiger charge is -2.32. The molecule has 1 fully saturated rings. The molecule has 1 saturated heterocycles. The minimum atomic E-state index is -4.52. The van der Waals surface area contributed by atoms with E-state index in [1.54, 1.807) is 17.2 Å². The smallest absolute Gasteiger partial charge is 0.433 e. The Morgan fingerprint density at radius 1 is 1.19 bits per heavy atom. The number of hydrogen-bond acceptors (Lipinski definition) is 4. The van der Waals surface area contributed by atoms with E-state index in [9.17, 15) is 18.0 Å². The molecule has 1 aliphatic rings. The zero-order chi connectivity index (χ0) is 18.7. The molecule has 0 saturated carbocycles. The number of nitrogens with zero attached hydrogens (tertiary/aromatic N) is 3. The number of hydrogen-bond donors (Lipinski definition) is 0. The van der Waals surface area contributed by atoms with Crippen molar-refractivity contribution in [2.45, 2.75) is 25.1 Å². The van der Waals surface area contributed by atoms with Crippen molar-refractivity contribution in [3.8, 4) is 5.75 Å². The highest BCUT2D eigenvalue weighted by Gasteiger charge is 2.32. The molecule has 0 N–H and O–H groups in total. The number of alkyl halides is 3. The van der Waals surface area contributed by atoms with Crippen molar-refractivity contribution >= 4 is 17.5 Å². The van der Waals surface area contributed by atoms with Crippen LogP contribution in [0.15, 0.2) is 36.8 Å².